The summed E-state index contributed by atoms with van der Waals surface area (Å²) in [5, 5.41) is 0. The second-order valence-electron chi connectivity index (χ2n) is 3.70. The first-order chi connectivity index (χ1) is 9.08. The van der Waals surface area contributed by atoms with E-state index in [0.717, 1.165) is 12.8 Å². The summed E-state index contributed by atoms with van der Waals surface area (Å²) >= 11 is 5.31. The van der Waals surface area contributed by atoms with Crippen molar-refractivity contribution in [1.82, 2.24) is 0 Å². The van der Waals surface area contributed by atoms with E-state index in [0.29, 0.717) is 13.0 Å². The molecular weight excluding hydrogens is 291 g/mol. The molecular formula is C12H21ClO5P+. The second-order valence-corrected chi connectivity index (χ2v) is 5.26. The zero-order chi connectivity index (χ0) is 14.7. The summed E-state index contributed by atoms with van der Waals surface area (Å²) in [6.45, 7) is 7.89. The van der Waals surface area contributed by atoms with Crippen LogP contribution in [0.2, 0.25) is 0 Å². The lowest BCUT2D eigenvalue weighted by Crippen LogP contribution is -2.19. The Labute approximate surface area is 120 Å². The molecule has 0 aromatic carbocycles. The molecule has 0 aliphatic carbocycles. The maximum Gasteiger partial charge on any atom is 0.560 e. The lowest BCUT2D eigenvalue weighted by Gasteiger charge is -2.11. The number of alkyl halides is 1. The molecule has 110 valence electrons. The molecule has 0 aliphatic heterocycles. The maximum atomic E-state index is 11.9. The molecule has 0 amide bonds. The minimum Gasteiger partial charge on any atom is -0.409 e. The number of unbranched alkanes of at least 4 members (excludes halogenated alkanes) is 1. The fourth-order valence-electron chi connectivity index (χ4n) is 1.10. The number of hydrogen-bond acceptors (Lipinski definition) is 5. The van der Waals surface area contributed by atoms with Crippen molar-refractivity contribution in [2.45, 2.75) is 45.2 Å². The van der Waals surface area contributed by atoms with Crippen LogP contribution < -0.4 is 0 Å². The van der Waals surface area contributed by atoms with E-state index in [1.54, 1.807) is 0 Å². The number of ether oxygens (including phenoxy) is 2. The Morgan fingerprint density at radius 3 is 2.63 bits per heavy atom. The first-order valence-corrected chi connectivity index (χ1v) is 7.99. The van der Waals surface area contributed by atoms with E-state index in [9.17, 15) is 9.36 Å². The Hall–Kier alpha value is -0.480. The van der Waals surface area contributed by atoms with Crippen molar-refractivity contribution in [2.75, 3.05) is 12.5 Å². The summed E-state index contributed by atoms with van der Waals surface area (Å²) in [5.41, 5.74) is 0. The van der Waals surface area contributed by atoms with Gasteiger partial charge in [-0.3, -0.25) is 4.79 Å². The number of hydrogen-bond donors (Lipinski definition) is 0. The predicted molar refractivity (Wildman–Crippen MR) is 74.4 cm³/mol. The quantitative estimate of drug-likeness (QED) is 0.146. The monoisotopic (exact) mass is 311 g/mol. The molecule has 19 heavy (non-hydrogen) atoms. The third kappa shape index (κ3) is 8.32. The van der Waals surface area contributed by atoms with Gasteiger partial charge in [-0.1, -0.05) is 26.8 Å². The summed E-state index contributed by atoms with van der Waals surface area (Å²) in [7, 11) is -2.24. The molecule has 5 nitrogen and oxygen atoms in total. The highest BCUT2D eigenvalue weighted by atomic mass is 35.5. The van der Waals surface area contributed by atoms with Crippen molar-refractivity contribution in [3.63, 3.8) is 0 Å². The van der Waals surface area contributed by atoms with Crippen LogP contribution in [-0.2, 0) is 23.4 Å². The molecule has 3 atom stereocenters. The zero-order valence-electron chi connectivity index (χ0n) is 11.3. The molecule has 0 saturated carbocycles. The molecule has 0 aromatic rings. The molecule has 0 bridgehead atoms. The third-order valence-corrected chi connectivity index (χ3v) is 3.52. The van der Waals surface area contributed by atoms with Gasteiger partial charge in [-0.25, -0.2) is 0 Å². The third-order valence-electron chi connectivity index (χ3n) is 2.13. The van der Waals surface area contributed by atoms with Crippen LogP contribution in [0.5, 0.6) is 0 Å². The topological polar surface area (TPSA) is 61.8 Å². The van der Waals surface area contributed by atoms with Gasteiger partial charge in [-0.05, 0) is 11.0 Å². The molecule has 0 saturated heterocycles. The van der Waals surface area contributed by atoms with Gasteiger partial charge in [0.25, 0.3) is 0 Å². The van der Waals surface area contributed by atoms with Gasteiger partial charge in [0.1, 0.15) is 5.88 Å². The average Bonchev–Trinajstić information content (AvgIpc) is 2.43. The molecule has 0 rings (SSSR count). The lowest BCUT2D eigenvalue weighted by atomic mass is 10.4. The van der Waals surface area contributed by atoms with Gasteiger partial charge in [0, 0.05) is 19.1 Å². The summed E-state index contributed by atoms with van der Waals surface area (Å²) in [4.78, 5) is 11.0. The SMILES string of the molecule is C=CC(OC(=O)CCl)[P+](=O)OC(CC)OCCCC. The van der Waals surface area contributed by atoms with E-state index in [-0.39, 0.29) is 5.88 Å². The second kappa shape index (κ2) is 11.4. The van der Waals surface area contributed by atoms with Crippen LogP contribution in [0.1, 0.15) is 33.1 Å². The van der Waals surface area contributed by atoms with Gasteiger partial charge >= 0.3 is 19.8 Å². The molecule has 7 heteroatoms. The zero-order valence-corrected chi connectivity index (χ0v) is 13.0. The standard InChI is InChI=1S/C12H21ClO5P/c1-4-7-8-16-11(5-2)18-19(15)12(6-3)17-10(14)9-13/h6,11-12H,3-5,7-9H2,1-2H3/q+1. The Kier molecular flexibility index (Phi) is 11.1. The van der Waals surface area contributed by atoms with Crippen molar-refractivity contribution < 1.29 is 23.4 Å². The van der Waals surface area contributed by atoms with Crippen LogP contribution in [0.3, 0.4) is 0 Å². The first kappa shape index (κ1) is 18.5. The van der Waals surface area contributed by atoms with Gasteiger partial charge in [-0.2, -0.15) is 0 Å². The van der Waals surface area contributed by atoms with Crippen molar-refractivity contribution in [1.29, 1.82) is 0 Å². The van der Waals surface area contributed by atoms with Gasteiger partial charge in [0.15, 0.2) is 0 Å². The highest BCUT2D eigenvalue weighted by Gasteiger charge is 2.36. The minimum absolute atomic E-state index is 0.308. The molecule has 0 aliphatic rings. The number of halogens is 1. The summed E-state index contributed by atoms with van der Waals surface area (Å²) in [6, 6.07) is 0. The predicted octanol–water partition coefficient (Wildman–Crippen LogP) is 3.59. The maximum absolute atomic E-state index is 11.9. The minimum atomic E-state index is -2.24. The van der Waals surface area contributed by atoms with Gasteiger partial charge in [-0.15, -0.1) is 16.1 Å². The highest BCUT2D eigenvalue weighted by molar-refractivity contribution is 7.40. The van der Waals surface area contributed by atoms with E-state index in [4.69, 9.17) is 25.6 Å². The first-order valence-electron chi connectivity index (χ1n) is 6.21. The van der Waals surface area contributed by atoms with E-state index < -0.39 is 26.1 Å². The van der Waals surface area contributed by atoms with Crippen molar-refractivity contribution >= 4 is 25.6 Å². The Bertz CT molecular complexity index is 298. The van der Waals surface area contributed by atoms with Crippen LogP contribution in [0, 0.1) is 0 Å². The number of esters is 1. The number of carbonyl (C=O) groups is 1. The fourth-order valence-corrected chi connectivity index (χ4v) is 2.10. The van der Waals surface area contributed by atoms with Crippen LogP contribution in [0.4, 0.5) is 0 Å². The lowest BCUT2D eigenvalue weighted by molar-refractivity contribution is -0.141. The highest BCUT2D eigenvalue weighted by Crippen LogP contribution is 2.34. The van der Waals surface area contributed by atoms with E-state index in [2.05, 4.69) is 6.58 Å². The number of rotatable bonds is 11. The van der Waals surface area contributed by atoms with Crippen LogP contribution in [0.15, 0.2) is 12.7 Å². The summed E-state index contributed by atoms with van der Waals surface area (Å²) in [6.07, 6.45) is 3.14. The Balaban J connectivity index is 4.27. The molecule has 0 heterocycles. The largest absolute Gasteiger partial charge is 0.560 e. The van der Waals surface area contributed by atoms with Crippen LogP contribution >= 0.6 is 19.6 Å². The Morgan fingerprint density at radius 2 is 2.16 bits per heavy atom. The van der Waals surface area contributed by atoms with Gasteiger partial charge in [0.2, 0.25) is 6.29 Å². The molecule has 0 radical (unpaired) electrons. The smallest absolute Gasteiger partial charge is 0.409 e. The van der Waals surface area contributed by atoms with E-state index >= 15 is 0 Å². The van der Waals surface area contributed by atoms with E-state index in [1.165, 1.54) is 6.08 Å². The van der Waals surface area contributed by atoms with E-state index in [1.807, 2.05) is 13.8 Å². The average molecular weight is 312 g/mol. The molecule has 3 unspecified atom stereocenters. The van der Waals surface area contributed by atoms with Crippen molar-refractivity contribution in [3.8, 4) is 0 Å². The van der Waals surface area contributed by atoms with Crippen molar-refractivity contribution in [3.05, 3.63) is 12.7 Å². The Morgan fingerprint density at radius 1 is 1.47 bits per heavy atom. The number of carbonyl (C=O) groups excluding carboxylic acids is 1. The van der Waals surface area contributed by atoms with Gasteiger partial charge < -0.3 is 9.47 Å². The molecule has 0 fully saturated rings. The molecule has 0 spiro atoms. The van der Waals surface area contributed by atoms with Crippen molar-refractivity contribution in [2.24, 2.45) is 0 Å². The summed E-state index contributed by atoms with van der Waals surface area (Å²) in [5.74, 6) is -1.99. The molecule has 0 N–H and O–H groups in total. The molecule has 0 aromatic heterocycles. The van der Waals surface area contributed by atoms with Gasteiger partial charge in [0.05, 0.1) is 0 Å². The summed E-state index contributed by atoms with van der Waals surface area (Å²) < 4.78 is 27.4. The normalized spacial score (nSPS) is 14.6. The van der Waals surface area contributed by atoms with Crippen LogP contribution in [0.25, 0.3) is 0 Å². The fraction of sp³-hybridized carbons (Fsp3) is 0.750. The van der Waals surface area contributed by atoms with Crippen LogP contribution in [-0.4, -0.2) is 30.6 Å².